The fourth-order valence-corrected chi connectivity index (χ4v) is 1.97. The molecule has 0 atom stereocenters. The highest BCUT2D eigenvalue weighted by Crippen LogP contribution is 2.07. The summed E-state index contributed by atoms with van der Waals surface area (Å²) in [6, 6.07) is 8.08. The van der Waals surface area contributed by atoms with Crippen LogP contribution in [-0.2, 0) is 6.54 Å². The maximum absolute atomic E-state index is 8.70. The van der Waals surface area contributed by atoms with E-state index in [2.05, 4.69) is 24.1 Å². The summed E-state index contributed by atoms with van der Waals surface area (Å²) >= 11 is 4.92. The minimum Gasteiger partial charge on any atom is -0.396 e. The van der Waals surface area contributed by atoms with E-state index in [1.807, 2.05) is 12.1 Å². The zero-order chi connectivity index (χ0) is 13.4. The van der Waals surface area contributed by atoms with Crippen molar-refractivity contribution >= 4 is 17.2 Å². The van der Waals surface area contributed by atoms with Gasteiger partial charge >= 0.3 is 0 Å². The molecular weight excluding hydrogens is 244 g/mol. The van der Waals surface area contributed by atoms with E-state index in [0.717, 1.165) is 37.9 Å². The Morgan fingerprint density at radius 1 is 1.22 bits per heavy atom. The van der Waals surface area contributed by atoms with E-state index < -0.39 is 0 Å². The van der Waals surface area contributed by atoms with Crippen molar-refractivity contribution in [1.82, 2.24) is 4.90 Å². The molecule has 1 aromatic rings. The standard InChI is InChI=1S/C14H22N2OS/c1-16(9-3-2-4-10-17)11-12-5-7-13(8-6-12)14(15)18/h5-8,17H,2-4,9-11H2,1H3,(H2,15,18). The van der Waals surface area contributed by atoms with Crippen LogP contribution >= 0.6 is 12.2 Å². The summed E-state index contributed by atoms with van der Waals surface area (Å²) in [5.74, 6) is 0. The molecule has 0 aliphatic rings. The molecule has 1 aromatic carbocycles. The Kier molecular flexibility index (Phi) is 6.86. The minimum absolute atomic E-state index is 0.296. The largest absolute Gasteiger partial charge is 0.396 e. The van der Waals surface area contributed by atoms with E-state index in [1.165, 1.54) is 5.56 Å². The lowest BCUT2D eigenvalue weighted by Crippen LogP contribution is -2.19. The van der Waals surface area contributed by atoms with Crippen molar-refractivity contribution in [2.45, 2.75) is 25.8 Å². The molecule has 0 aliphatic carbocycles. The summed E-state index contributed by atoms with van der Waals surface area (Å²) < 4.78 is 0. The van der Waals surface area contributed by atoms with Crippen molar-refractivity contribution < 1.29 is 5.11 Å². The second-order valence-electron chi connectivity index (χ2n) is 4.58. The molecule has 0 amide bonds. The van der Waals surface area contributed by atoms with Crippen molar-refractivity contribution in [3.05, 3.63) is 35.4 Å². The summed E-state index contributed by atoms with van der Waals surface area (Å²) in [4.78, 5) is 2.73. The Bertz CT molecular complexity index is 365. The maximum Gasteiger partial charge on any atom is 0.103 e. The van der Waals surface area contributed by atoms with Gasteiger partial charge in [-0.2, -0.15) is 0 Å². The van der Waals surface area contributed by atoms with Gasteiger partial charge in [-0.3, -0.25) is 0 Å². The molecule has 3 nitrogen and oxygen atoms in total. The fraction of sp³-hybridized carbons (Fsp3) is 0.500. The van der Waals surface area contributed by atoms with E-state index in [-0.39, 0.29) is 0 Å². The molecular formula is C14H22N2OS. The van der Waals surface area contributed by atoms with Crippen LogP contribution in [0.1, 0.15) is 30.4 Å². The van der Waals surface area contributed by atoms with Crippen molar-refractivity contribution in [2.75, 3.05) is 20.2 Å². The number of nitrogens with two attached hydrogens (primary N) is 1. The van der Waals surface area contributed by atoms with Crippen molar-refractivity contribution in [1.29, 1.82) is 0 Å². The molecule has 0 saturated carbocycles. The molecule has 0 aliphatic heterocycles. The van der Waals surface area contributed by atoms with Gasteiger partial charge in [0.2, 0.25) is 0 Å². The number of aliphatic hydroxyl groups excluding tert-OH is 1. The lowest BCUT2D eigenvalue weighted by molar-refractivity contribution is 0.271. The molecule has 18 heavy (non-hydrogen) atoms. The zero-order valence-electron chi connectivity index (χ0n) is 10.9. The second kappa shape index (κ2) is 8.19. The van der Waals surface area contributed by atoms with Gasteiger partial charge in [-0.25, -0.2) is 0 Å². The first-order valence-corrected chi connectivity index (χ1v) is 6.72. The molecule has 100 valence electrons. The van der Waals surface area contributed by atoms with Gasteiger partial charge in [0, 0.05) is 18.7 Å². The molecule has 0 fully saturated rings. The SMILES string of the molecule is CN(CCCCCO)Cc1ccc(C(N)=S)cc1. The first-order valence-electron chi connectivity index (χ1n) is 6.31. The number of hydrogen-bond donors (Lipinski definition) is 2. The molecule has 1 rings (SSSR count). The third kappa shape index (κ3) is 5.58. The van der Waals surface area contributed by atoms with Gasteiger partial charge in [0.25, 0.3) is 0 Å². The highest BCUT2D eigenvalue weighted by atomic mass is 32.1. The summed E-state index contributed by atoms with van der Waals surface area (Å²) in [7, 11) is 2.11. The first-order chi connectivity index (χ1) is 8.63. The summed E-state index contributed by atoms with van der Waals surface area (Å²) in [6.07, 6.45) is 3.11. The lowest BCUT2D eigenvalue weighted by atomic mass is 10.1. The number of aliphatic hydroxyl groups is 1. The van der Waals surface area contributed by atoms with Crippen LogP contribution in [0.2, 0.25) is 0 Å². The Balaban J connectivity index is 2.35. The molecule has 0 spiro atoms. The lowest BCUT2D eigenvalue weighted by Gasteiger charge is -2.16. The number of thiocarbonyl (C=S) groups is 1. The second-order valence-corrected chi connectivity index (χ2v) is 5.02. The van der Waals surface area contributed by atoms with Crippen molar-refractivity contribution in [3.63, 3.8) is 0 Å². The van der Waals surface area contributed by atoms with Gasteiger partial charge in [0.15, 0.2) is 0 Å². The van der Waals surface area contributed by atoms with Gasteiger partial charge in [0.1, 0.15) is 4.99 Å². The van der Waals surface area contributed by atoms with E-state index in [4.69, 9.17) is 23.1 Å². The van der Waals surface area contributed by atoms with E-state index in [9.17, 15) is 0 Å². The van der Waals surface area contributed by atoms with Crippen LogP contribution in [0.5, 0.6) is 0 Å². The van der Waals surface area contributed by atoms with Crippen LogP contribution in [0.25, 0.3) is 0 Å². The van der Waals surface area contributed by atoms with Crippen LogP contribution in [0.4, 0.5) is 0 Å². The topological polar surface area (TPSA) is 49.5 Å². The van der Waals surface area contributed by atoms with Gasteiger partial charge in [-0.1, -0.05) is 36.5 Å². The van der Waals surface area contributed by atoms with Crippen LogP contribution in [0, 0.1) is 0 Å². The van der Waals surface area contributed by atoms with Crippen LogP contribution in [0.3, 0.4) is 0 Å². The van der Waals surface area contributed by atoms with Gasteiger partial charge in [0.05, 0.1) is 0 Å². The number of benzene rings is 1. The summed E-state index contributed by atoms with van der Waals surface area (Å²) in [6.45, 7) is 2.28. The molecule has 0 aromatic heterocycles. The molecule has 0 saturated heterocycles. The molecule has 4 heteroatoms. The normalized spacial score (nSPS) is 10.8. The van der Waals surface area contributed by atoms with Gasteiger partial charge in [-0.05, 0) is 38.4 Å². The molecule has 0 unspecified atom stereocenters. The third-order valence-electron chi connectivity index (χ3n) is 2.89. The highest BCUT2D eigenvalue weighted by Gasteiger charge is 2.01. The average Bonchev–Trinajstić information content (AvgIpc) is 2.35. The summed E-state index contributed by atoms with van der Waals surface area (Å²) in [5.41, 5.74) is 7.74. The molecule has 0 heterocycles. The number of hydrogen-bond acceptors (Lipinski definition) is 3. The molecule has 0 bridgehead atoms. The molecule has 0 radical (unpaired) electrons. The number of nitrogens with zero attached hydrogens (tertiary/aromatic N) is 1. The van der Waals surface area contributed by atoms with Crippen LogP contribution < -0.4 is 5.73 Å². The van der Waals surface area contributed by atoms with Gasteiger partial charge in [-0.15, -0.1) is 0 Å². The first kappa shape index (κ1) is 15.1. The zero-order valence-corrected chi connectivity index (χ0v) is 11.7. The van der Waals surface area contributed by atoms with E-state index in [1.54, 1.807) is 0 Å². The van der Waals surface area contributed by atoms with Crippen LogP contribution in [-0.4, -0.2) is 35.2 Å². The number of rotatable bonds is 8. The smallest absolute Gasteiger partial charge is 0.103 e. The maximum atomic E-state index is 8.70. The van der Waals surface area contributed by atoms with Crippen molar-refractivity contribution in [3.8, 4) is 0 Å². The minimum atomic E-state index is 0.296. The molecule has 3 N–H and O–H groups in total. The third-order valence-corrected chi connectivity index (χ3v) is 3.12. The monoisotopic (exact) mass is 266 g/mol. The van der Waals surface area contributed by atoms with Crippen molar-refractivity contribution in [2.24, 2.45) is 5.73 Å². The van der Waals surface area contributed by atoms with E-state index in [0.29, 0.717) is 11.6 Å². The van der Waals surface area contributed by atoms with Gasteiger partial charge < -0.3 is 15.7 Å². The Labute approximate surface area is 115 Å². The Morgan fingerprint density at radius 2 is 1.89 bits per heavy atom. The van der Waals surface area contributed by atoms with E-state index >= 15 is 0 Å². The highest BCUT2D eigenvalue weighted by molar-refractivity contribution is 7.80. The fourth-order valence-electron chi connectivity index (χ4n) is 1.84. The Morgan fingerprint density at radius 3 is 2.44 bits per heavy atom. The van der Waals surface area contributed by atoms with Crippen LogP contribution in [0.15, 0.2) is 24.3 Å². The predicted molar refractivity (Wildman–Crippen MR) is 79.6 cm³/mol. The predicted octanol–water partition coefficient (Wildman–Crippen LogP) is 1.92. The number of unbranched alkanes of at least 4 members (excludes halogenated alkanes) is 2. The average molecular weight is 266 g/mol. The summed E-state index contributed by atoms with van der Waals surface area (Å²) in [5, 5.41) is 8.70. The Hall–Kier alpha value is -0.970. The quantitative estimate of drug-likeness (QED) is 0.557.